The standard InChI is InChI=1S/C16H18N4O/c1-3-4-5-13-9-15(21)20-16(18-13)19-14-7-6-11(2)12(8-14)10-17/h6-9H,3-5H2,1-2H3,(H2,18,19,20,21). The minimum atomic E-state index is -0.175. The SMILES string of the molecule is CCCCc1cc(=O)[nH]c(Nc2ccc(C)c(C#N)c2)n1. The summed E-state index contributed by atoms with van der Waals surface area (Å²) in [5, 5.41) is 12.1. The molecule has 0 aliphatic heterocycles. The lowest BCUT2D eigenvalue weighted by Crippen LogP contribution is -2.12. The van der Waals surface area contributed by atoms with Crippen molar-refractivity contribution in [3.8, 4) is 6.07 Å². The summed E-state index contributed by atoms with van der Waals surface area (Å²) in [5.74, 6) is 0.404. The molecule has 0 saturated carbocycles. The maximum atomic E-state index is 11.7. The summed E-state index contributed by atoms with van der Waals surface area (Å²) in [6, 6.07) is 9.13. The van der Waals surface area contributed by atoms with Crippen molar-refractivity contribution in [3.05, 3.63) is 51.4 Å². The fourth-order valence-corrected chi connectivity index (χ4v) is 2.01. The first-order valence-electron chi connectivity index (χ1n) is 7.00. The molecule has 0 bridgehead atoms. The highest BCUT2D eigenvalue weighted by molar-refractivity contribution is 5.58. The molecule has 1 aromatic heterocycles. The zero-order valence-electron chi connectivity index (χ0n) is 12.2. The van der Waals surface area contributed by atoms with Crippen LogP contribution < -0.4 is 10.9 Å². The van der Waals surface area contributed by atoms with Gasteiger partial charge in [-0.3, -0.25) is 9.78 Å². The van der Waals surface area contributed by atoms with Crippen LogP contribution >= 0.6 is 0 Å². The number of aromatic nitrogens is 2. The first-order valence-corrected chi connectivity index (χ1v) is 7.00. The van der Waals surface area contributed by atoms with Crippen LogP contribution in [0.15, 0.2) is 29.1 Å². The zero-order valence-corrected chi connectivity index (χ0v) is 12.2. The van der Waals surface area contributed by atoms with E-state index in [1.54, 1.807) is 6.07 Å². The van der Waals surface area contributed by atoms with Crippen LogP contribution in [0.5, 0.6) is 0 Å². The summed E-state index contributed by atoms with van der Waals surface area (Å²) in [4.78, 5) is 18.7. The van der Waals surface area contributed by atoms with E-state index in [9.17, 15) is 4.79 Å². The number of nitrogens with one attached hydrogen (secondary N) is 2. The number of hydrogen-bond donors (Lipinski definition) is 2. The van der Waals surface area contributed by atoms with Gasteiger partial charge in [-0.05, 0) is 37.5 Å². The summed E-state index contributed by atoms with van der Waals surface area (Å²) < 4.78 is 0. The first kappa shape index (κ1) is 14.8. The van der Waals surface area contributed by atoms with Crippen LogP contribution in [-0.4, -0.2) is 9.97 Å². The van der Waals surface area contributed by atoms with E-state index < -0.39 is 0 Å². The van der Waals surface area contributed by atoms with Crippen molar-refractivity contribution in [2.45, 2.75) is 33.1 Å². The lowest BCUT2D eigenvalue weighted by molar-refractivity contribution is 0.772. The van der Waals surface area contributed by atoms with Gasteiger partial charge in [-0.15, -0.1) is 0 Å². The van der Waals surface area contributed by atoms with E-state index in [2.05, 4.69) is 28.3 Å². The van der Waals surface area contributed by atoms with Crippen molar-refractivity contribution in [3.63, 3.8) is 0 Å². The molecule has 0 saturated heterocycles. The van der Waals surface area contributed by atoms with Crippen molar-refractivity contribution in [2.24, 2.45) is 0 Å². The number of H-pyrrole nitrogens is 1. The molecule has 1 aromatic carbocycles. The predicted molar refractivity (Wildman–Crippen MR) is 82.6 cm³/mol. The molecule has 0 spiro atoms. The smallest absolute Gasteiger partial charge is 0.252 e. The second-order valence-electron chi connectivity index (χ2n) is 4.96. The molecular formula is C16H18N4O. The molecule has 0 unspecified atom stereocenters. The Morgan fingerprint density at radius 1 is 1.38 bits per heavy atom. The van der Waals surface area contributed by atoms with Gasteiger partial charge < -0.3 is 5.32 Å². The average molecular weight is 282 g/mol. The molecule has 0 radical (unpaired) electrons. The van der Waals surface area contributed by atoms with Gasteiger partial charge in [-0.25, -0.2) is 4.98 Å². The molecule has 2 rings (SSSR count). The summed E-state index contributed by atoms with van der Waals surface area (Å²) in [5.41, 5.74) is 2.85. The van der Waals surface area contributed by atoms with E-state index in [0.717, 1.165) is 36.2 Å². The minimum absolute atomic E-state index is 0.175. The Morgan fingerprint density at radius 3 is 2.90 bits per heavy atom. The number of hydrogen-bond acceptors (Lipinski definition) is 4. The highest BCUT2D eigenvalue weighted by Crippen LogP contribution is 2.17. The van der Waals surface area contributed by atoms with Crippen LogP contribution in [0.2, 0.25) is 0 Å². The van der Waals surface area contributed by atoms with E-state index >= 15 is 0 Å². The Balaban J connectivity index is 2.25. The second-order valence-corrected chi connectivity index (χ2v) is 4.96. The van der Waals surface area contributed by atoms with Crippen LogP contribution in [0.4, 0.5) is 11.6 Å². The van der Waals surface area contributed by atoms with E-state index in [-0.39, 0.29) is 5.56 Å². The number of aromatic amines is 1. The minimum Gasteiger partial charge on any atom is -0.326 e. The monoisotopic (exact) mass is 282 g/mol. The molecule has 5 heteroatoms. The Labute approximate surface area is 123 Å². The second kappa shape index (κ2) is 6.71. The van der Waals surface area contributed by atoms with Crippen LogP contribution in [0, 0.1) is 18.3 Å². The van der Waals surface area contributed by atoms with Crippen LogP contribution in [0.1, 0.15) is 36.6 Å². The van der Waals surface area contributed by atoms with Crippen molar-refractivity contribution in [1.82, 2.24) is 9.97 Å². The molecule has 2 N–H and O–H groups in total. The van der Waals surface area contributed by atoms with E-state index in [4.69, 9.17) is 5.26 Å². The third-order valence-corrected chi connectivity index (χ3v) is 3.20. The number of aryl methyl sites for hydroxylation is 2. The molecule has 2 aromatic rings. The Morgan fingerprint density at radius 2 is 2.19 bits per heavy atom. The van der Waals surface area contributed by atoms with Crippen molar-refractivity contribution >= 4 is 11.6 Å². The largest absolute Gasteiger partial charge is 0.326 e. The lowest BCUT2D eigenvalue weighted by atomic mass is 10.1. The normalized spacial score (nSPS) is 10.1. The van der Waals surface area contributed by atoms with Gasteiger partial charge in [0.2, 0.25) is 5.95 Å². The van der Waals surface area contributed by atoms with Crippen LogP contribution in [0.25, 0.3) is 0 Å². The van der Waals surface area contributed by atoms with Gasteiger partial charge in [0.1, 0.15) is 0 Å². The van der Waals surface area contributed by atoms with Gasteiger partial charge in [0.15, 0.2) is 0 Å². The predicted octanol–water partition coefficient (Wildman–Crippen LogP) is 3.04. The van der Waals surface area contributed by atoms with E-state index in [0.29, 0.717) is 11.5 Å². The van der Waals surface area contributed by atoms with Gasteiger partial charge in [0.05, 0.1) is 11.6 Å². The van der Waals surface area contributed by atoms with Gasteiger partial charge in [0.25, 0.3) is 5.56 Å². The van der Waals surface area contributed by atoms with E-state index in [1.807, 2.05) is 19.1 Å². The third-order valence-electron chi connectivity index (χ3n) is 3.20. The lowest BCUT2D eigenvalue weighted by Gasteiger charge is -2.08. The fraction of sp³-hybridized carbons (Fsp3) is 0.312. The van der Waals surface area contributed by atoms with Gasteiger partial charge in [-0.2, -0.15) is 5.26 Å². The third kappa shape index (κ3) is 3.93. The van der Waals surface area contributed by atoms with Crippen molar-refractivity contribution in [2.75, 3.05) is 5.32 Å². The molecule has 21 heavy (non-hydrogen) atoms. The van der Waals surface area contributed by atoms with Gasteiger partial charge in [-0.1, -0.05) is 19.4 Å². The van der Waals surface area contributed by atoms with Gasteiger partial charge >= 0.3 is 0 Å². The Hall–Kier alpha value is -2.61. The number of benzene rings is 1. The maximum Gasteiger partial charge on any atom is 0.252 e. The number of nitrogens with zero attached hydrogens (tertiary/aromatic N) is 2. The highest BCUT2D eigenvalue weighted by Gasteiger charge is 2.04. The molecule has 0 amide bonds. The summed E-state index contributed by atoms with van der Waals surface area (Å²) in [6.07, 6.45) is 2.84. The number of unbranched alkanes of at least 4 members (excludes halogenated alkanes) is 1. The Bertz CT molecular complexity index is 728. The van der Waals surface area contributed by atoms with Crippen molar-refractivity contribution < 1.29 is 0 Å². The number of rotatable bonds is 5. The molecule has 0 atom stereocenters. The fourth-order valence-electron chi connectivity index (χ4n) is 2.01. The first-order chi connectivity index (χ1) is 10.1. The molecule has 0 fully saturated rings. The molecule has 0 aliphatic carbocycles. The van der Waals surface area contributed by atoms with Gasteiger partial charge in [0, 0.05) is 17.4 Å². The van der Waals surface area contributed by atoms with E-state index in [1.165, 1.54) is 6.07 Å². The highest BCUT2D eigenvalue weighted by atomic mass is 16.1. The maximum absolute atomic E-state index is 11.7. The summed E-state index contributed by atoms with van der Waals surface area (Å²) in [7, 11) is 0. The number of nitriles is 1. The molecule has 108 valence electrons. The molecular weight excluding hydrogens is 264 g/mol. The summed E-state index contributed by atoms with van der Waals surface area (Å²) >= 11 is 0. The quantitative estimate of drug-likeness (QED) is 0.883. The van der Waals surface area contributed by atoms with Crippen LogP contribution in [0.3, 0.4) is 0 Å². The van der Waals surface area contributed by atoms with Crippen molar-refractivity contribution in [1.29, 1.82) is 5.26 Å². The van der Waals surface area contributed by atoms with Crippen LogP contribution in [-0.2, 0) is 6.42 Å². The Kier molecular flexibility index (Phi) is 4.72. The molecule has 0 aliphatic rings. The summed E-state index contributed by atoms with van der Waals surface area (Å²) in [6.45, 7) is 3.98. The average Bonchev–Trinajstić information content (AvgIpc) is 2.46. The molecule has 1 heterocycles. The topological polar surface area (TPSA) is 81.6 Å². The zero-order chi connectivity index (χ0) is 15.2. The number of anilines is 2. The molecule has 5 nitrogen and oxygen atoms in total.